The maximum absolute atomic E-state index is 13.3. The number of benzene rings is 1. The maximum Gasteiger partial charge on any atom is 0.306 e. The first-order chi connectivity index (χ1) is 9.80. The Kier molecular flexibility index (Phi) is 4.30. The number of hydrogen-bond acceptors (Lipinski definition) is 2. The zero-order valence-corrected chi connectivity index (χ0v) is 12.2. The van der Waals surface area contributed by atoms with Crippen molar-refractivity contribution in [3.8, 4) is 0 Å². The summed E-state index contributed by atoms with van der Waals surface area (Å²) in [6, 6.07) is 5.87. The van der Waals surface area contributed by atoms with Crippen molar-refractivity contribution in [2.24, 2.45) is 5.92 Å². The van der Waals surface area contributed by atoms with Crippen LogP contribution in [0.3, 0.4) is 0 Å². The topological polar surface area (TPSA) is 66.4 Å². The molecule has 21 heavy (non-hydrogen) atoms. The van der Waals surface area contributed by atoms with Crippen LogP contribution in [-0.4, -0.2) is 23.0 Å². The van der Waals surface area contributed by atoms with Gasteiger partial charge in [0.1, 0.15) is 5.82 Å². The van der Waals surface area contributed by atoms with Gasteiger partial charge in [0, 0.05) is 6.04 Å². The Hall–Kier alpha value is -1.91. The van der Waals surface area contributed by atoms with Gasteiger partial charge >= 0.3 is 5.97 Å². The van der Waals surface area contributed by atoms with E-state index in [1.165, 1.54) is 12.1 Å². The highest BCUT2D eigenvalue weighted by atomic mass is 19.1. The molecular weight excluding hydrogens is 273 g/mol. The molecule has 1 aromatic rings. The Labute approximate surface area is 123 Å². The standard InChI is InChI=1S/C16H20FNO3/c1-16(2,11-4-3-5-12(17)9-11)15(21)18-13-7-6-10(8-13)14(19)20/h3-5,9-10,13H,6-8H2,1-2H3,(H,18,21)(H,19,20)/t10-,13-/m0/s1. The van der Waals surface area contributed by atoms with E-state index in [2.05, 4.69) is 5.32 Å². The second-order valence-electron chi connectivity index (χ2n) is 6.15. The molecule has 4 nitrogen and oxygen atoms in total. The van der Waals surface area contributed by atoms with Gasteiger partial charge in [-0.05, 0) is 50.8 Å². The lowest BCUT2D eigenvalue weighted by Crippen LogP contribution is -2.44. The molecule has 1 aliphatic rings. The van der Waals surface area contributed by atoms with E-state index in [9.17, 15) is 14.0 Å². The second kappa shape index (κ2) is 5.84. The van der Waals surface area contributed by atoms with E-state index in [1.54, 1.807) is 26.0 Å². The Bertz CT molecular complexity index is 556. The summed E-state index contributed by atoms with van der Waals surface area (Å²) in [5.74, 6) is -1.77. The number of amides is 1. The number of carbonyl (C=O) groups is 2. The minimum atomic E-state index is -0.858. The van der Waals surface area contributed by atoms with Crippen LogP contribution in [0.2, 0.25) is 0 Å². The molecule has 2 rings (SSSR count). The highest BCUT2D eigenvalue weighted by Crippen LogP contribution is 2.28. The summed E-state index contributed by atoms with van der Waals surface area (Å²) >= 11 is 0. The largest absolute Gasteiger partial charge is 0.481 e. The average Bonchev–Trinajstić information content (AvgIpc) is 2.87. The van der Waals surface area contributed by atoms with Crippen LogP contribution in [0, 0.1) is 11.7 Å². The number of nitrogens with one attached hydrogen (secondary N) is 1. The Morgan fingerprint density at radius 3 is 2.62 bits per heavy atom. The molecule has 2 N–H and O–H groups in total. The first kappa shape index (κ1) is 15.5. The van der Waals surface area contributed by atoms with Crippen molar-refractivity contribution in [2.75, 3.05) is 0 Å². The van der Waals surface area contributed by atoms with E-state index < -0.39 is 11.4 Å². The molecule has 0 saturated heterocycles. The lowest BCUT2D eigenvalue weighted by atomic mass is 9.83. The van der Waals surface area contributed by atoms with E-state index in [0.717, 1.165) is 0 Å². The van der Waals surface area contributed by atoms with Crippen LogP contribution < -0.4 is 5.32 Å². The molecule has 1 aliphatic carbocycles. The van der Waals surface area contributed by atoms with Crippen molar-refractivity contribution in [3.05, 3.63) is 35.6 Å². The lowest BCUT2D eigenvalue weighted by Gasteiger charge is -2.26. The van der Waals surface area contributed by atoms with Gasteiger partial charge in [0.25, 0.3) is 0 Å². The van der Waals surface area contributed by atoms with Gasteiger partial charge in [-0.3, -0.25) is 9.59 Å². The number of halogens is 1. The van der Waals surface area contributed by atoms with Gasteiger partial charge in [-0.15, -0.1) is 0 Å². The van der Waals surface area contributed by atoms with E-state index in [4.69, 9.17) is 5.11 Å². The van der Waals surface area contributed by atoms with Gasteiger partial charge in [-0.25, -0.2) is 4.39 Å². The minimum Gasteiger partial charge on any atom is -0.481 e. The van der Waals surface area contributed by atoms with Crippen molar-refractivity contribution in [2.45, 2.75) is 44.6 Å². The predicted molar refractivity (Wildman–Crippen MR) is 76.3 cm³/mol. The molecule has 0 unspecified atom stereocenters. The smallest absolute Gasteiger partial charge is 0.306 e. The fourth-order valence-electron chi connectivity index (χ4n) is 2.71. The molecule has 0 spiro atoms. The zero-order chi connectivity index (χ0) is 15.6. The number of aliphatic carboxylic acids is 1. The molecule has 0 heterocycles. The Balaban J connectivity index is 2.04. The normalized spacial score (nSPS) is 22.0. The summed E-state index contributed by atoms with van der Waals surface area (Å²) in [5, 5.41) is 11.9. The number of carbonyl (C=O) groups excluding carboxylic acids is 1. The van der Waals surface area contributed by atoms with E-state index in [-0.39, 0.29) is 23.7 Å². The van der Waals surface area contributed by atoms with Gasteiger partial charge in [0.15, 0.2) is 0 Å². The van der Waals surface area contributed by atoms with E-state index >= 15 is 0 Å². The predicted octanol–water partition coefficient (Wildman–Crippen LogP) is 2.47. The van der Waals surface area contributed by atoms with Crippen LogP contribution in [0.4, 0.5) is 4.39 Å². The van der Waals surface area contributed by atoms with Crippen molar-refractivity contribution in [3.63, 3.8) is 0 Å². The highest BCUT2D eigenvalue weighted by Gasteiger charge is 2.35. The molecule has 114 valence electrons. The third-order valence-corrected chi connectivity index (χ3v) is 4.23. The molecule has 0 bridgehead atoms. The van der Waals surface area contributed by atoms with Gasteiger partial charge in [0.2, 0.25) is 5.91 Å². The molecule has 1 fully saturated rings. The van der Waals surface area contributed by atoms with Crippen molar-refractivity contribution >= 4 is 11.9 Å². The fourth-order valence-corrected chi connectivity index (χ4v) is 2.71. The van der Waals surface area contributed by atoms with Crippen molar-refractivity contribution < 1.29 is 19.1 Å². The summed E-state index contributed by atoms with van der Waals surface area (Å²) in [6.07, 6.45) is 1.71. The summed E-state index contributed by atoms with van der Waals surface area (Å²) < 4.78 is 13.3. The van der Waals surface area contributed by atoms with Crippen LogP contribution in [-0.2, 0) is 15.0 Å². The highest BCUT2D eigenvalue weighted by molar-refractivity contribution is 5.87. The lowest BCUT2D eigenvalue weighted by molar-refractivity contribution is -0.141. The molecular formula is C16H20FNO3. The first-order valence-corrected chi connectivity index (χ1v) is 7.10. The van der Waals surface area contributed by atoms with Gasteiger partial charge in [-0.2, -0.15) is 0 Å². The summed E-state index contributed by atoms with van der Waals surface area (Å²) in [4.78, 5) is 23.4. The van der Waals surface area contributed by atoms with Crippen LogP contribution in [0.5, 0.6) is 0 Å². The van der Waals surface area contributed by atoms with Crippen molar-refractivity contribution in [1.29, 1.82) is 0 Å². The fraction of sp³-hybridized carbons (Fsp3) is 0.500. The van der Waals surface area contributed by atoms with Crippen LogP contribution in [0.15, 0.2) is 24.3 Å². The molecule has 0 radical (unpaired) electrons. The Morgan fingerprint density at radius 2 is 2.05 bits per heavy atom. The summed E-state index contributed by atoms with van der Waals surface area (Å²) in [7, 11) is 0. The quantitative estimate of drug-likeness (QED) is 0.896. The Morgan fingerprint density at radius 1 is 1.33 bits per heavy atom. The third-order valence-electron chi connectivity index (χ3n) is 4.23. The third kappa shape index (κ3) is 3.40. The van der Waals surface area contributed by atoms with Gasteiger partial charge in [0.05, 0.1) is 11.3 Å². The van der Waals surface area contributed by atoms with Gasteiger partial charge in [-0.1, -0.05) is 12.1 Å². The molecule has 1 aromatic carbocycles. The molecule has 5 heteroatoms. The molecule has 0 aliphatic heterocycles. The number of hydrogen-bond donors (Lipinski definition) is 2. The average molecular weight is 293 g/mol. The van der Waals surface area contributed by atoms with E-state index in [0.29, 0.717) is 24.8 Å². The van der Waals surface area contributed by atoms with Crippen LogP contribution in [0.1, 0.15) is 38.7 Å². The minimum absolute atomic E-state index is 0.119. The van der Waals surface area contributed by atoms with E-state index in [1.807, 2.05) is 0 Å². The number of carboxylic acid groups (broad SMARTS) is 1. The summed E-state index contributed by atoms with van der Waals surface area (Å²) in [6.45, 7) is 3.47. The summed E-state index contributed by atoms with van der Waals surface area (Å²) in [5.41, 5.74) is -0.253. The second-order valence-corrected chi connectivity index (χ2v) is 6.15. The van der Waals surface area contributed by atoms with Crippen molar-refractivity contribution in [1.82, 2.24) is 5.32 Å². The van der Waals surface area contributed by atoms with Crippen LogP contribution >= 0.6 is 0 Å². The molecule has 2 atom stereocenters. The van der Waals surface area contributed by atoms with Gasteiger partial charge < -0.3 is 10.4 Å². The zero-order valence-electron chi connectivity index (χ0n) is 12.2. The number of carboxylic acids is 1. The monoisotopic (exact) mass is 293 g/mol. The van der Waals surface area contributed by atoms with Crippen LogP contribution in [0.25, 0.3) is 0 Å². The molecule has 1 saturated carbocycles. The first-order valence-electron chi connectivity index (χ1n) is 7.10. The SMILES string of the molecule is CC(C)(C(=O)N[C@H]1CC[C@H](C(=O)O)C1)c1cccc(F)c1. The molecule has 0 aromatic heterocycles. The maximum atomic E-state index is 13.3. The molecule has 1 amide bonds. The number of rotatable bonds is 4.